The quantitative estimate of drug-likeness (QED) is 0.509. The van der Waals surface area contributed by atoms with Crippen molar-refractivity contribution in [3.63, 3.8) is 0 Å². The zero-order chi connectivity index (χ0) is 20.3. The number of ether oxygens (including phenoxy) is 1. The van der Waals surface area contributed by atoms with Crippen molar-refractivity contribution in [2.24, 2.45) is 0 Å². The average Bonchev–Trinajstić information content (AvgIpc) is 3.01. The molecule has 0 aliphatic carbocycles. The Balaban J connectivity index is 1.85. The predicted octanol–water partition coefficient (Wildman–Crippen LogP) is 3.94. The molecule has 0 unspecified atom stereocenters. The van der Waals surface area contributed by atoms with E-state index in [1.165, 1.54) is 53.2 Å². The van der Waals surface area contributed by atoms with Gasteiger partial charge in [0.15, 0.2) is 0 Å². The second kappa shape index (κ2) is 7.82. The summed E-state index contributed by atoms with van der Waals surface area (Å²) in [5, 5.41) is 17.7. The maximum Gasteiger partial charge on any atom is 0.387 e. The van der Waals surface area contributed by atoms with Gasteiger partial charge in [0.2, 0.25) is 0 Å². The van der Waals surface area contributed by atoms with Crippen LogP contribution in [0.1, 0.15) is 16.1 Å². The van der Waals surface area contributed by atoms with E-state index in [0.29, 0.717) is 17.2 Å². The number of halogens is 2. The minimum Gasteiger partial charge on any atom is -0.435 e. The third-order valence-corrected chi connectivity index (χ3v) is 3.70. The van der Waals surface area contributed by atoms with Crippen molar-refractivity contribution in [3.8, 4) is 11.4 Å². The number of nitro benzene ring substituents is 1. The number of carbonyl (C=O) groups excluding carboxylic acids is 1. The first-order chi connectivity index (χ1) is 13.3. The third kappa shape index (κ3) is 4.29. The molecule has 1 N–H and O–H groups in total. The summed E-state index contributed by atoms with van der Waals surface area (Å²) in [5.41, 5.74) is 1.15. The van der Waals surface area contributed by atoms with E-state index in [9.17, 15) is 23.7 Å². The topological polar surface area (TPSA) is 99.3 Å². The number of benzene rings is 2. The zero-order valence-electron chi connectivity index (χ0n) is 14.5. The Hall–Kier alpha value is -3.82. The first kappa shape index (κ1) is 19.0. The van der Waals surface area contributed by atoms with E-state index < -0.39 is 17.4 Å². The number of nitro groups is 1. The van der Waals surface area contributed by atoms with Gasteiger partial charge < -0.3 is 10.1 Å². The summed E-state index contributed by atoms with van der Waals surface area (Å²) in [6.45, 7) is -1.28. The molecular weight excluding hydrogens is 374 g/mol. The van der Waals surface area contributed by atoms with Crippen LogP contribution in [0.25, 0.3) is 5.69 Å². The van der Waals surface area contributed by atoms with E-state index in [1.54, 1.807) is 13.0 Å². The van der Waals surface area contributed by atoms with Crippen molar-refractivity contribution in [3.05, 3.63) is 76.0 Å². The zero-order valence-corrected chi connectivity index (χ0v) is 14.5. The van der Waals surface area contributed by atoms with Gasteiger partial charge >= 0.3 is 6.61 Å². The number of hydrogen-bond acceptors (Lipinski definition) is 5. The van der Waals surface area contributed by atoms with E-state index in [-0.39, 0.29) is 17.0 Å². The summed E-state index contributed by atoms with van der Waals surface area (Å²) in [7, 11) is 0. The maximum atomic E-state index is 12.5. The van der Waals surface area contributed by atoms with E-state index in [1.807, 2.05) is 0 Å². The highest BCUT2D eigenvalue weighted by molar-refractivity contribution is 6.04. The van der Waals surface area contributed by atoms with Crippen molar-refractivity contribution in [1.82, 2.24) is 9.78 Å². The molecule has 0 atom stereocenters. The number of alkyl halides is 2. The van der Waals surface area contributed by atoms with Gasteiger partial charge in [-0.25, -0.2) is 4.68 Å². The summed E-state index contributed by atoms with van der Waals surface area (Å²) >= 11 is 0. The molecule has 0 fully saturated rings. The van der Waals surface area contributed by atoms with Crippen molar-refractivity contribution in [1.29, 1.82) is 0 Å². The smallest absolute Gasteiger partial charge is 0.387 e. The van der Waals surface area contributed by atoms with Crippen molar-refractivity contribution in [2.75, 3.05) is 5.32 Å². The summed E-state index contributed by atoms with van der Waals surface area (Å²) in [6.07, 6.45) is 0. The van der Waals surface area contributed by atoms with Crippen LogP contribution in [-0.2, 0) is 0 Å². The second-order valence-corrected chi connectivity index (χ2v) is 5.72. The van der Waals surface area contributed by atoms with Crippen LogP contribution in [0.15, 0.2) is 54.6 Å². The largest absolute Gasteiger partial charge is 0.435 e. The third-order valence-electron chi connectivity index (χ3n) is 3.70. The van der Waals surface area contributed by atoms with Crippen LogP contribution in [-0.4, -0.2) is 27.2 Å². The Morgan fingerprint density at radius 1 is 1.21 bits per heavy atom. The van der Waals surface area contributed by atoms with Gasteiger partial charge in [-0.2, -0.15) is 13.9 Å². The number of nitrogens with zero attached hydrogens (tertiary/aromatic N) is 3. The highest BCUT2D eigenvalue weighted by Crippen LogP contribution is 2.22. The molecule has 10 heteroatoms. The molecule has 0 spiro atoms. The van der Waals surface area contributed by atoms with Gasteiger partial charge in [-0.3, -0.25) is 14.9 Å². The van der Waals surface area contributed by atoms with Gasteiger partial charge in [-0.1, -0.05) is 6.07 Å². The number of non-ortho nitro benzene ring substituents is 1. The lowest BCUT2D eigenvalue weighted by Crippen LogP contribution is -2.15. The van der Waals surface area contributed by atoms with Gasteiger partial charge in [-0.05, 0) is 37.3 Å². The summed E-state index contributed by atoms with van der Waals surface area (Å²) in [5.74, 6) is -0.373. The fourth-order valence-electron chi connectivity index (χ4n) is 2.50. The van der Waals surface area contributed by atoms with Crippen molar-refractivity contribution < 1.29 is 23.2 Å². The summed E-state index contributed by atoms with van der Waals surface area (Å²) < 4.78 is 30.4. The number of aryl methyl sites for hydroxylation is 1. The average molecular weight is 388 g/mol. The number of amides is 1. The molecule has 0 aliphatic rings. The van der Waals surface area contributed by atoms with Crippen LogP contribution in [0.4, 0.5) is 20.3 Å². The molecular formula is C18H14F2N4O4. The number of aromatic nitrogens is 2. The molecule has 3 rings (SSSR count). The first-order valence-electron chi connectivity index (χ1n) is 8.01. The lowest BCUT2D eigenvalue weighted by atomic mass is 10.2. The number of anilines is 1. The second-order valence-electron chi connectivity index (χ2n) is 5.72. The van der Waals surface area contributed by atoms with E-state index in [4.69, 9.17) is 0 Å². The summed E-state index contributed by atoms with van der Waals surface area (Å²) in [6, 6.07) is 12.6. The van der Waals surface area contributed by atoms with Gasteiger partial charge in [0, 0.05) is 23.8 Å². The highest BCUT2D eigenvalue weighted by Gasteiger charge is 2.15. The van der Waals surface area contributed by atoms with Crippen LogP contribution in [0, 0.1) is 17.0 Å². The molecule has 0 bridgehead atoms. The van der Waals surface area contributed by atoms with Crippen LogP contribution in [0.5, 0.6) is 5.75 Å². The lowest BCUT2D eigenvalue weighted by molar-refractivity contribution is -0.384. The maximum absolute atomic E-state index is 12.5. The Morgan fingerprint density at radius 2 is 1.93 bits per heavy atom. The van der Waals surface area contributed by atoms with Gasteiger partial charge in [0.1, 0.15) is 11.6 Å². The normalized spacial score (nSPS) is 10.7. The van der Waals surface area contributed by atoms with Gasteiger partial charge in [0.25, 0.3) is 11.6 Å². The molecule has 1 aromatic heterocycles. The summed E-state index contributed by atoms with van der Waals surface area (Å²) in [4.78, 5) is 22.8. The molecule has 28 heavy (non-hydrogen) atoms. The molecule has 144 valence electrons. The molecule has 0 aliphatic heterocycles. The van der Waals surface area contributed by atoms with Gasteiger partial charge in [-0.15, -0.1) is 0 Å². The Kier molecular flexibility index (Phi) is 5.30. The number of hydrogen-bond donors (Lipinski definition) is 1. The number of carbonyl (C=O) groups is 1. The molecule has 1 heterocycles. The number of rotatable bonds is 6. The fraction of sp³-hybridized carbons (Fsp3) is 0.111. The van der Waals surface area contributed by atoms with Gasteiger partial charge in [0.05, 0.1) is 16.3 Å². The van der Waals surface area contributed by atoms with Crippen LogP contribution in [0.3, 0.4) is 0 Å². The van der Waals surface area contributed by atoms with E-state index in [0.717, 1.165) is 0 Å². The first-order valence-corrected chi connectivity index (χ1v) is 8.01. The fourth-order valence-corrected chi connectivity index (χ4v) is 2.50. The van der Waals surface area contributed by atoms with Crippen LogP contribution in [0.2, 0.25) is 0 Å². The molecule has 1 amide bonds. The van der Waals surface area contributed by atoms with Crippen LogP contribution >= 0.6 is 0 Å². The monoisotopic (exact) mass is 388 g/mol. The Bertz CT molecular complexity index is 1020. The predicted molar refractivity (Wildman–Crippen MR) is 96.0 cm³/mol. The highest BCUT2D eigenvalue weighted by atomic mass is 19.3. The molecule has 2 aromatic carbocycles. The van der Waals surface area contributed by atoms with E-state index >= 15 is 0 Å². The van der Waals surface area contributed by atoms with Crippen LogP contribution < -0.4 is 10.1 Å². The SMILES string of the molecule is Cc1cc(NC(=O)c2cccc(OC(F)F)c2)n(-c2ccc([N+](=O)[O-])cc2)n1. The van der Waals surface area contributed by atoms with E-state index in [2.05, 4.69) is 15.2 Å². The molecule has 3 aromatic rings. The standard InChI is InChI=1S/C18H14F2N4O4/c1-11-9-16(23(22-11)13-5-7-14(8-6-13)24(26)27)21-17(25)12-3-2-4-15(10-12)28-18(19)20/h2-10,18H,1H3,(H,21,25). The van der Waals surface area contributed by atoms with Crippen molar-refractivity contribution >= 4 is 17.4 Å². The number of nitrogens with one attached hydrogen (secondary N) is 1. The molecule has 0 radical (unpaired) electrons. The van der Waals surface area contributed by atoms with Crippen molar-refractivity contribution in [2.45, 2.75) is 13.5 Å². The minimum atomic E-state index is -3.00. The molecule has 0 saturated heterocycles. The molecule has 0 saturated carbocycles. The Labute approximate surface area is 157 Å². The Morgan fingerprint density at radius 3 is 2.57 bits per heavy atom. The molecule has 8 nitrogen and oxygen atoms in total. The minimum absolute atomic E-state index is 0.0749. The lowest BCUT2D eigenvalue weighted by Gasteiger charge is -2.10.